The number of nitrogens with one attached hydrogen (secondary N) is 1. The first-order valence-electron chi connectivity index (χ1n) is 8.27. The molecule has 0 aliphatic heterocycles. The average molecular weight is 356 g/mol. The van der Waals surface area contributed by atoms with Crippen LogP contribution in [0.1, 0.15) is 65.0 Å². The molecule has 1 aromatic carbocycles. The molecule has 2 atom stereocenters. The molecular formula is C18H30BrNO. The lowest BCUT2D eigenvalue weighted by Crippen LogP contribution is -2.19. The highest BCUT2D eigenvalue weighted by Gasteiger charge is 2.13. The minimum Gasteiger partial charge on any atom is -0.493 e. The first-order chi connectivity index (χ1) is 10.1. The SMILES string of the molecule is CCCCC(CC)COc1cc(Br)ccc1C(C)NCC. The first kappa shape index (κ1) is 18.5. The van der Waals surface area contributed by atoms with Crippen LogP contribution in [-0.2, 0) is 0 Å². The Morgan fingerprint density at radius 1 is 1.24 bits per heavy atom. The van der Waals surface area contributed by atoms with Gasteiger partial charge >= 0.3 is 0 Å². The van der Waals surface area contributed by atoms with Crippen molar-refractivity contribution in [2.24, 2.45) is 5.92 Å². The predicted octanol–water partition coefficient (Wildman–Crippen LogP) is 5.71. The Labute approximate surface area is 138 Å². The van der Waals surface area contributed by atoms with Gasteiger partial charge in [0.1, 0.15) is 5.75 Å². The summed E-state index contributed by atoms with van der Waals surface area (Å²) in [6, 6.07) is 6.65. The van der Waals surface area contributed by atoms with Crippen LogP contribution in [0.2, 0.25) is 0 Å². The van der Waals surface area contributed by atoms with Crippen molar-refractivity contribution in [3.63, 3.8) is 0 Å². The quantitative estimate of drug-likeness (QED) is 0.579. The molecule has 2 unspecified atom stereocenters. The van der Waals surface area contributed by atoms with Gasteiger partial charge in [0.2, 0.25) is 0 Å². The summed E-state index contributed by atoms with van der Waals surface area (Å²) >= 11 is 3.55. The van der Waals surface area contributed by atoms with E-state index in [9.17, 15) is 0 Å². The summed E-state index contributed by atoms with van der Waals surface area (Å²) in [5.74, 6) is 1.67. The maximum absolute atomic E-state index is 6.17. The highest BCUT2D eigenvalue weighted by atomic mass is 79.9. The van der Waals surface area contributed by atoms with Crippen molar-refractivity contribution < 1.29 is 4.74 Å². The highest BCUT2D eigenvalue weighted by Crippen LogP contribution is 2.29. The summed E-state index contributed by atoms with van der Waals surface area (Å²) < 4.78 is 7.24. The van der Waals surface area contributed by atoms with Gasteiger partial charge in [0.05, 0.1) is 6.61 Å². The second-order valence-electron chi connectivity index (χ2n) is 5.69. The third-order valence-electron chi connectivity index (χ3n) is 3.97. The second kappa shape index (κ2) is 10.2. The van der Waals surface area contributed by atoms with Gasteiger partial charge in [-0.25, -0.2) is 0 Å². The molecular weight excluding hydrogens is 326 g/mol. The lowest BCUT2D eigenvalue weighted by atomic mass is 10.0. The van der Waals surface area contributed by atoms with Gasteiger partial charge in [-0.1, -0.05) is 62.0 Å². The van der Waals surface area contributed by atoms with Crippen LogP contribution in [0.3, 0.4) is 0 Å². The fourth-order valence-corrected chi connectivity index (χ4v) is 2.85. The number of ether oxygens (including phenoxy) is 1. The first-order valence-corrected chi connectivity index (χ1v) is 9.07. The smallest absolute Gasteiger partial charge is 0.125 e. The minimum absolute atomic E-state index is 0.314. The van der Waals surface area contributed by atoms with Gasteiger partial charge in [0.15, 0.2) is 0 Å². The standard InChI is InChI=1S/C18H30BrNO/c1-5-8-9-15(6-2)13-21-18-12-16(19)10-11-17(18)14(4)20-7-3/h10-12,14-15,20H,5-9,13H2,1-4H3. The summed E-state index contributed by atoms with van der Waals surface area (Å²) in [6.07, 6.45) is 5.00. The lowest BCUT2D eigenvalue weighted by molar-refractivity contribution is 0.230. The summed E-state index contributed by atoms with van der Waals surface area (Å²) in [5.41, 5.74) is 1.24. The van der Waals surface area contributed by atoms with E-state index in [-0.39, 0.29) is 0 Å². The van der Waals surface area contributed by atoms with E-state index in [0.717, 1.165) is 23.4 Å². The van der Waals surface area contributed by atoms with Gasteiger partial charge in [-0.15, -0.1) is 0 Å². The monoisotopic (exact) mass is 355 g/mol. The van der Waals surface area contributed by atoms with Gasteiger partial charge in [-0.3, -0.25) is 0 Å². The van der Waals surface area contributed by atoms with E-state index in [2.05, 4.69) is 67.1 Å². The van der Waals surface area contributed by atoms with Gasteiger partial charge in [0.25, 0.3) is 0 Å². The fraction of sp³-hybridized carbons (Fsp3) is 0.667. The molecule has 0 bridgehead atoms. The van der Waals surface area contributed by atoms with Crippen LogP contribution < -0.4 is 10.1 Å². The highest BCUT2D eigenvalue weighted by molar-refractivity contribution is 9.10. The zero-order valence-corrected chi connectivity index (χ0v) is 15.5. The largest absolute Gasteiger partial charge is 0.493 e. The van der Waals surface area contributed by atoms with E-state index in [4.69, 9.17) is 4.74 Å². The van der Waals surface area contributed by atoms with Crippen molar-refractivity contribution in [1.82, 2.24) is 5.32 Å². The molecule has 0 aliphatic carbocycles. The summed E-state index contributed by atoms with van der Waals surface area (Å²) in [4.78, 5) is 0. The molecule has 0 radical (unpaired) electrons. The Kier molecular flexibility index (Phi) is 9.02. The Morgan fingerprint density at radius 2 is 2.00 bits per heavy atom. The zero-order valence-electron chi connectivity index (χ0n) is 13.9. The van der Waals surface area contributed by atoms with E-state index in [1.807, 2.05) is 0 Å². The molecule has 1 N–H and O–H groups in total. The van der Waals surface area contributed by atoms with Crippen molar-refractivity contribution >= 4 is 15.9 Å². The summed E-state index contributed by atoms with van der Waals surface area (Å²) in [5, 5.41) is 3.46. The molecule has 0 fully saturated rings. The van der Waals surface area contributed by atoms with Crippen LogP contribution in [-0.4, -0.2) is 13.2 Å². The number of unbranched alkanes of at least 4 members (excludes halogenated alkanes) is 1. The number of halogens is 1. The van der Waals surface area contributed by atoms with Crippen molar-refractivity contribution in [3.8, 4) is 5.75 Å². The van der Waals surface area contributed by atoms with Gasteiger partial charge in [-0.2, -0.15) is 0 Å². The van der Waals surface area contributed by atoms with Crippen LogP contribution >= 0.6 is 15.9 Å². The van der Waals surface area contributed by atoms with E-state index >= 15 is 0 Å². The van der Waals surface area contributed by atoms with Crippen LogP contribution in [0, 0.1) is 5.92 Å². The van der Waals surface area contributed by atoms with Crippen molar-refractivity contribution in [2.75, 3.05) is 13.2 Å². The maximum atomic E-state index is 6.17. The van der Waals surface area contributed by atoms with E-state index in [1.54, 1.807) is 0 Å². The zero-order chi connectivity index (χ0) is 15.7. The average Bonchev–Trinajstić information content (AvgIpc) is 2.47. The number of hydrogen-bond acceptors (Lipinski definition) is 2. The van der Waals surface area contributed by atoms with Crippen LogP contribution in [0.5, 0.6) is 5.75 Å². The van der Waals surface area contributed by atoms with Crippen LogP contribution in [0.25, 0.3) is 0 Å². The molecule has 21 heavy (non-hydrogen) atoms. The van der Waals surface area contributed by atoms with Crippen LogP contribution in [0.4, 0.5) is 0 Å². The molecule has 2 nitrogen and oxygen atoms in total. The molecule has 1 rings (SSSR count). The molecule has 0 amide bonds. The lowest BCUT2D eigenvalue weighted by Gasteiger charge is -2.21. The molecule has 0 saturated carbocycles. The third kappa shape index (κ3) is 6.39. The van der Waals surface area contributed by atoms with Crippen LogP contribution in [0.15, 0.2) is 22.7 Å². The normalized spacial score (nSPS) is 14.0. The van der Waals surface area contributed by atoms with Gasteiger partial charge in [-0.05, 0) is 37.9 Å². The van der Waals surface area contributed by atoms with Gasteiger partial charge in [0, 0.05) is 16.1 Å². The van der Waals surface area contributed by atoms with Crippen molar-refractivity contribution in [1.29, 1.82) is 0 Å². The third-order valence-corrected chi connectivity index (χ3v) is 4.46. The molecule has 0 aromatic heterocycles. The maximum Gasteiger partial charge on any atom is 0.125 e. The molecule has 0 aliphatic rings. The summed E-state index contributed by atoms with van der Waals surface area (Å²) in [7, 11) is 0. The predicted molar refractivity (Wildman–Crippen MR) is 95.0 cm³/mol. The second-order valence-corrected chi connectivity index (χ2v) is 6.60. The Morgan fingerprint density at radius 3 is 2.62 bits per heavy atom. The molecule has 120 valence electrons. The van der Waals surface area contributed by atoms with E-state index < -0.39 is 0 Å². The van der Waals surface area contributed by atoms with Crippen molar-refractivity contribution in [2.45, 2.75) is 59.4 Å². The Bertz CT molecular complexity index is 408. The molecule has 0 spiro atoms. The van der Waals surface area contributed by atoms with E-state index in [1.165, 1.54) is 31.2 Å². The summed E-state index contributed by atoms with van der Waals surface area (Å²) in [6.45, 7) is 10.6. The topological polar surface area (TPSA) is 21.3 Å². The Balaban J connectivity index is 2.73. The Hall–Kier alpha value is -0.540. The van der Waals surface area contributed by atoms with Gasteiger partial charge < -0.3 is 10.1 Å². The molecule has 3 heteroatoms. The number of rotatable bonds is 10. The number of hydrogen-bond donors (Lipinski definition) is 1. The number of benzene rings is 1. The molecule has 0 saturated heterocycles. The fourth-order valence-electron chi connectivity index (χ4n) is 2.51. The minimum atomic E-state index is 0.314. The molecule has 0 heterocycles. The van der Waals surface area contributed by atoms with E-state index in [0.29, 0.717) is 12.0 Å². The molecule has 1 aromatic rings. The van der Waals surface area contributed by atoms with Crippen molar-refractivity contribution in [3.05, 3.63) is 28.2 Å².